The Bertz CT molecular complexity index is 901. The van der Waals surface area contributed by atoms with Gasteiger partial charge in [-0.3, -0.25) is 0 Å². The molecule has 3 heteroatoms. The number of allylic oxidation sites excluding steroid dienone is 1. The Kier molecular flexibility index (Phi) is 5.19. The molecule has 0 spiro atoms. The molecule has 1 aliphatic rings. The number of hydrogen-bond donors (Lipinski definition) is 0. The van der Waals surface area contributed by atoms with E-state index < -0.39 is 0 Å². The Hall–Kier alpha value is -2.36. The van der Waals surface area contributed by atoms with Gasteiger partial charge in [-0.2, -0.15) is 0 Å². The lowest BCUT2D eigenvalue weighted by molar-refractivity contribution is 0.415. The predicted octanol–water partition coefficient (Wildman–Crippen LogP) is 6.89. The molecule has 1 aliphatic heterocycles. The molecule has 0 aliphatic carbocycles. The lowest BCUT2D eigenvalue weighted by atomic mass is 9.97. The van der Waals surface area contributed by atoms with E-state index in [4.69, 9.17) is 4.74 Å². The summed E-state index contributed by atoms with van der Waals surface area (Å²) >= 11 is 0. The van der Waals surface area contributed by atoms with Crippen LogP contribution in [0.15, 0.2) is 95.9 Å². The summed E-state index contributed by atoms with van der Waals surface area (Å²) in [6.07, 6.45) is 2.30. The standard InChI is InChI=1S/C23H18OS2/c1-24-20-14-12-17(13-15-20)21-16-22(26-25-21)23(18-8-4-2-5-9-18)19-10-6-3-7-11-19/h2-16H,1H3. The summed E-state index contributed by atoms with van der Waals surface area (Å²) in [6, 6.07) is 29.5. The van der Waals surface area contributed by atoms with Gasteiger partial charge in [-0.25, -0.2) is 0 Å². The predicted molar refractivity (Wildman–Crippen MR) is 115 cm³/mol. The molecule has 3 aromatic rings. The fourth-order valence-electron chi connectivity index (χ4n) is 2.92. The van der Waals surface area contributed by atoms with Gasteiger partial charge in [0.2, 0.25) is 0 Å². The third-order valence-electron chi connectivity index (χ3n) is 4.23. The average molecular weight is 375 g/mol. The van der Waals surface area contributed by atoms with Crippen molar-refractivity contribution in [3.05, 3.63) is 113 Å². The van der Waals surface area contributed by atoms with E-state index in [-0.39, 0.29) is 0 Å². The van der Waals surface area contributed by atoms with Gasteiger partial charge in [-0.1, -0.05) is 94.4 Å². The highest BCUT2D eigenvalue weighted by Gasteiger charge is 2.19. The normalized spacial score (nSPS) is 13.4. The van der Waals surface area contributed by atoms with Crippen molar-refractivity contribution in [1.29, 1.82) is 0 Å². The second-order valence-electron chi connectivity index (χ2n) is 5.88. The third-order valence-corrected chi connectivity index (χ3v) is 6.67. The Morgan fingerprint density at radius 1 is 0.692 bits per heavy atom. The van der Waals surface area contributed by atoms with Crippen LogP contribution in [0.1, 0.15) is 16.7 Å². The summed E-state index contributed by atoms with van der Waals surface area (Å²) in [7, 11) is 5.33. The molecule has 0 saturated carbocycles. The molecule has 0 bridgehead atoms. The average Bonchev–Trinajstić information content (AvgIpc) is 3.19. The molecule has 0 fully saturated rings. The van der Waals surface area contributed by atoms with Crippen molar-refractivity contribution in [1.82, 2.24) is 0 Å². The number of methoxy groups -OCH3 is 1. The number of hydrogen-bond acceptors (Lipinski definition) is 3. The Morgan fingerprint density at radius 3 is 1.81 bits per heavy atom. The fraction of sp³-hybridized carbons (Fsp3) is 0.0435. The van der Waals surface area contributed by atoms with Crippen LogP contribution in [0.4, 0.5) is 0 Å². The van der Waals surface area contributed by atoms with Gasteiger partial charge in [0, 0.05) is 15.4 Å². The quantitative estimate of drug-likeness (QED) is 0.460. The summed E-state index contributed by atoms with van der Waals surface area (Å²) < 4.78 is 5.27. The van der Waals surface area contributed by atoms with Crippen molar-refractivity contribution in [2.45, 2.75) is 0 Å². The van der Waals surface area contributed by atoms with Crippen molar-refractivity contribution < 1.29 is 4.74 Å². The second kappa shape index (κ2) is 7.90. The minimum absolute atomic E-state index is 0.884. The van der Waals surface area contributed by atoms with Gasteiger partial charge < -0.3 is 4.74 Å². The number of rotatable bonds is 4. The van der Waals surface area contributed by atoms with Crippen LogP contribution in [0.3, 0.4) is 0 Å². The molecule has 0 N–H and O–H groups in total. The minimum Gasteiger partial charge on any atom is -0.497 e. The maximum Gasteiger partial charge on any atom is 0.118 e. The molecular weight excluding hydrogens is 356 g/mol. The Morgan fingerprint density at radius 2 is 1.27 bits per heavy atom. The molecule has 1 nitrogen and oxygen atoms in total. The minimum atomic E-state index is 0.884. The smallest absolute Gasteiger partial charge is 0.118 e. The van der Waals surface area contributed by atoms with Crippen LogP contribution >= 0.6 is 21.6 Å². The van der Waals surface area contributed by atoms with Crippen molar-refractivity contribution in [2.24, 2.45) is 0 Å². The number of benzene rings is 3. The van der Waals surface area contributed by atoms with E-state index in [1.54, 1.807) is 7.11 Å². The summed E-state index contributed by atoms with van der Waals surface area (Å²) in [5.41, 5.74) is 4.99. The second-order valence-corrected chi connectivity index (χ2v) is 8.09. The first-order valence-corrected chi connectivity index (χ1v) is 10.6. The van der Waals surface area contributed by atoms with Gasteiger partial charge in [-0.05, 0) is 34.9 Å². The molecule has 4 rings (SSSR count). The SMILES string of the molecule is COc1ccc(C2=CC(=C(c3ccccc3)c3ccccc3)SS2)cc1. The Labute approximate surface area is 162 Å². The first kappa shape index (κ1) is 17.1. The van der Waals surface area contributed by atoms with E-state index in [0.29, 0.717) is 0 Å². The van der Waals surface area contributed by atoms with E-state index in [9.17, 15) is 0 Å². The molecule has 0 saturated heterocycles. The van der Waals surface area contributed by atoms with Gasteiger partial charge in [0.15, 0.2) is 0 Å². The highest BCUT2D eigenvalue weighted by molar-refractivity contribution is 8.82. The van der Waals surface area contributed by atoms with E-state index in [2.05, 4.69) is 78.9 Å². The first-order valence-electron chi connectivity index (χ1n) is 8.41. The zero-order chi connectivity index (χ0) is 17.8. The molecule has 1 heterocycles. The lowest BCUT2D eigenvalue weighted by Crippen LogP contribution is -1.89. The Balaban J connectivity index is 1.79. The first-order chi connectivity index (χ1) is 12.8. The molecule has 0 atom stereocenters. The van der Waals surface area contributed by atoms with Crippen LogP contribution in [0.2, 0.25) is 0 Å². The molecule has 0 aromatic heterocycles. The lowest BCUT2D eigenvalue weighted by Gasteiger charge is -2.10. The third kappa shape index (κ3) is 3.59. The van der Waals surface area contributed by atoms with Crippen LogP contribution in [0.5, 0.6) is 5.75 Å². The molecule has 0 amide bonds. The maximum absolute atomic E-state index is 5.27. The highest BCUT2D eigenvalue weighted by atomic mass is 33.1. The van der Waals surface area contributed by atoms with E-state index in [1.807, 2.05) is 33.7 Å². The van der Waals surface area contributed by atoms with Crippen molar-refractivity contribution in [3.63, 3.8) is 0 Å². The topological polar surface area (TPSA) is 9.23 Å². The molecule has 3 aromatic carbocycles. The van der Waals surface area contributed by atoms with Crippen LogP contribution in [0, 0.1) is 0 Å². The molecule has 128 valence electrons. The van der Waals surface area contributed by atoms with Gasteiger partial charge in [0.1, 0.15) is 5.75 Å². The van der Waals surface area contributed by atoms with Crippen molar-refractivity contribution in [2.75, 3.05) is 7.11 Å². The largest absolute Gasteiger partial charge is 0.497 e. The van der Waals surface area contributed by atoms with Crippen LogP contribution in [-0.4, -0.2) is 7.11 Å². The summed E-state index contributed by atoms with van der Waals surface area (Å²) in [6.45, 7) is 0. The zero-order valence-corrected chi connectivity index (χ0v) is 16.0. The molecule has 0 unspecified atom stereocenters. The van der Waals surface area contributed by atoms with Gasteiger partial charge >= 0.3 is 0 Å². The van der Waals surface area contributed by atoms with Gasteiger partial charge in [-0.15, -0.1) is 0 Å². The summed E-state index contributed by atoms with van der Waals surface area (Å²) in [5.74, 6) is 0.884. The van der Waals surface area contributed by atoms with Gasteiger partial charge in [0.25, 0.3) is 0 Å². The van der Waals surface area contributed by atoms with E-state index >= 15 is 0 Å². The monoisotopic (exact) mass is 374 g/mol. The number of ether oxygens (including phenoxy) is 1. The zero-order valence-electron chi connectivity index (χ0n) is 14.4. The highest BCUT2D eigenvalue weighted by Crippen LogP contribution is 2.52. The molecular formula is C23H18OS2. The van der Waals surface area contributed by atoms with Crippen LogP contribution in [0.25, 0.3) is 10.5 Å². The van der Waals surface area contributed by atoms with E-state index in [0.717, 1.165) is 5.75 Å². The van der Waals surface area contributed by atoms with Gasteiger partial charge in [0.05, 0.1) is 7.11 Å². The summed E-state index contributed by atoms with van der Waals surface area (Å²) in [4.78, 5) is 2.57. The molecule has 26 heavy (non-hydrogen) atoms. The maximum atomic E-state index is 5.27. The summed E-state index contributed by atoms with van der Waals surface area (Å²) in [5, 5.41) is 0. The van der Waals surface area contributed by atoms with E-state index in [1.165, 1.54) is 32.1 Å². The fourth-order valence-corrected chi connectivity index (χ4v) is 5.42. The van der Waals surface area contributed by atoms with Crippen LogP contribution in [-0.2, 0) is 0 Å². The van der Waals surface area contributed by atoms with Crippen LogP contribution < -0.4 is 4.74 Å². The van der Waals surface area contributed by atoms with Crippen molar-refractivity contribution in [3.8, 4) is 5.75 Å². The molecule has 0 radical (unpaired) electrons. The van der Waals surface area contributed by atoms with Crippen molar-refractivity contribution >= 4 is 32.1 Å².